The summed E-state index contributed by atoms with van der Waals surface area (Å²) in [6.07, 6.45) is 4.46. The molecule has 1 N–H and O–H groups in total. The lowest BCUT2D eigenvalue weighted by Gasteiger charge is -1.97. The minimum atomic E-state index is 0.583. The number of hydrogen-bond acceptors (Lipinski definition) is 3. The second-order valence-electron chi connectivity index (χ2n) is 3.71. The summed E-state index contributed by atoms with van der Waals surface area (Å²) in [6, 6.07) is 2.81. The molecule has 0 unspecified atom stereocenters. The van der Waals surface area contributed by atoms with Crippen molar-refractivity contribution in [2.75, 3.05) is 6.61 Å². The Morgan fingerprint density at radius 2 is 2.43 bits per heavy atom. The Labute approximate surface area is 84.4 Å². The first-order valence-electron chi connectivity index (χ1n) is 5.26. The van der Waals surface area contributed by atoms with Gasteiger partial charge in [-0.1, -0.05) is 0 Å². The van der Waals surface area contributed by atoms with E-state index < -0.39 is 0 Å². The van der Waals surface area contributed by atoms with Crippen LogP contribution < -0.4 is 5.32 Å². The van der Waals surface area contributed by atoms with Gasteiger partial charge in [-0.2, -0.15) is 0 Å². The molecule has 1 aliphatic carbocycles. The molecule has 14 heavy (non-hydrogen) atoms. The molecule has 3 heteroatoms. The third-order valence-electron chi connectivity index (χ3n) is 2.33. The normalized spacial score (nSPS) is 16.1. The number of furan rings is 1. The lowest BCUT2D eigenvalue weighted by molar-refractivity contribution is 0.118. The summed E-state index contributed by atoms with van der Waals surface area (Å²) >= 11 is 0. The molecule has 0 bridgehead atoms. The molecule has 1 aromatic rings. The highest BCUT2D eigenvalue weighted by Crippen LogP contribution is 2.19. The molecule has 0 amide bonds. The smallest absolute Gasteiger partial charge is 0.129 e. The lowest BCUT2D eigenvalue weighted by atomic mass is 10.3. The van der Waals surface area contributed by atoms with Crippen LogP contribution in [0.15, 0.2) is 16.7 Å². The van der Waals surface area contributed by atoms with Crippen molar-refractivity contribution in [3.63, 3.8) is 0 Å². The van der Waals surface area contributed by atoms with Gasteiger partial charge >= 0.3 is 0 Å². The number of nitrogens with one attached hydrogen (secondary N) is 1. The quantitative estimate of drug-likeness (QED) is 0.754. The van der Waals surface area contributed by atoms with Gasteiger partial charge in [0.15, 0.2) is 0 Å². The fourth-order valence-electron chi connectivity index (χ4n) is 1.35. The minimum Gasteiger partial charge on any atom is -0.467 e. The van der Waals surface area contributed by atoms with Gasteiger partial charge in [0.1, 0.15) is 12.4 Å². The van der Waals surface area contributed by atoms with Crippen LogP contribution in [-0.4, -0.2) is 12.6 Å². The van der Waals surface area contributed by atoms with E-state index in [4.69, 9.17) is 9.15 Å². The Hall–Kier alpha value is -0.800. The highest BCUT2D eigenvalue weighted by molar-refractivity contribution is 5.12. The Balaban J connectivity index is 1.76. The van der Waals surface area contributed by atoms with Crippen LogP contribution in [-0.2, 0) is 17.9 Å². The molecule has 2 rings (SSSR count). The fraction of sp³-hybridized carbons (Fsp3) is 0.636. The second-order valence-corrected chi connectivity index (χ2v) is 3.71. The highest BCUT2D eigenvalue weighted by Gasteiger charge is 2.20. The van der Waals surface area contributed by atoms with Crippen LogP contribution in [0.4, 0.5) is 0 Å². The summed E-state index contributed by atoms with van der Waals surface area (Å²) in [7, 11) is 0. The summed E-state index contributed by atoms with van der Waals surface area (Å²) in [5.41, 5.74) is 1.21. The zero-order valence-electron chi connectivity index (χ0n) is 8.58. The molecule has 1 fully saturated rings. The predicted molar refractivity (Wildman–Crippen MR) is 53.9 cm³/mol. The van der Waals surface area contributed by atoms with E-state index in [0.29, 0.717) is 6.61 Å². The van der Waals surface area contributed by atoms with Crippen LogP contribution in [0.25, 0.3) is 0 Å². The third-order valence-corrected chi connectivity index (χ3v) is 2.33. The van der Waals surface area contributed by atoms with Crippen LogP contribution >= 0.6 is 0 Å². The number of hydrogen-bond donors (Lipinski definition) is 1. The lowest BCUT2D eigenvalue weighted by Crippen LogP contribution is -2.14. The van der Waals surface area contributed by atoms with Gasteiger partial charge in [0.05, 0.1) is 6.26 Å². The van der Waals surface area contributed by atoms with Crippen LogP contribution in [0.1, 0.15) is 31.1 Å². The molecular formula is C11H17NO2. The van der Waals surface area contributed by atoms with Crippen molar-refractivity contribution < 1.29 is 9.15 Å². The predicted octanol–water partition coefficient (Wildman–Crippen LogP) is 2.07. The minimum absolute atomic E-state index is 0.583. The van der Waals surface area contributed by atoms with Gasteiger partial charge < -0.3 is 14.5 Å². The summed E-state index contributed by atoms with van der Waals surface area (Å²) < 4.78 is 10.6. The molecule has 1 saturated carbocycles. The van der Waals surface area contributed by atoms with Crippen molar-refractivity contribution >= 4 is 0 Å². The van der Waals surface area contributed by atoms with E-state index in [1.54, 1.807) is 0 Å². The summed E-state index contributed by atoms with van der Waals surface area (Å²) in [6.45, 7) is 4.22. The monoisotopic (exact) mass is 195 g/mol. The SMILES string of the molecule is CCOCc1cc(CNC2CC2)co1. The van der Waals surface area contributed by atoms with Crippen molar-refractivity contribution in [1.29, 1.82) is 0 Å². The molecule has 0 radical (unpaired) electrons. The maximum atomic E-state index is 5.35. The largest absolute Gasteiger partial charge is 0.467 e. The second kappa shape index (κ2) is 4.62. The van der Waals surface area contributed by atoms with Crippen molar-refractivity contribution in [2.45, 2.75) is 39.0 Å². The Morgan fingerprint density at radius 1 is 1.57 bits per heavy atom. The maximum absolute atomic E-state index is 5.35. The van der Waals surface area contributed by atoms with Gasteiger partial charge in [-0.25, -0.2) is 0 Å². The maximum Gasteiger partial charge on any atom is 0.129 e. The van der Waals surface area contributed by atoms with E-state index >= 15 is 0 Å². The Morgan fingerprint density at radius 3 is 3.14 bits per heavy atom. The first kappa shape index (κ1) is 9.74. The van der Waals surface area contributed by atoms with Gasteiger partial charge in [0, 0.05) is 24.8 Å². The van der Waals surface area contributed by atoms with E-state index in [-0.39, 0.29) is 0 Å². The van der Waals surface area contributed by atoms with Crippen molar-refractivity contribution in [2.24, 2.45) is 0 Å². The standard InChI is InChI=1S/C11H17NO2/c1-2-13-8-11-5-9(7-14-11)6-12-10-3-4-10/h5,7,10,12H,2-4,6,8H2,1H3. The van der Waals surface area contributed by atoms with E-state index in [1.165, 1.54) is 18.4 Å². The zero-order valence-corrected chi connectivity index (χ0v) is 8.58. The van der Waals surface area contributed by atoms with Gasteiger partial charge in [0.25, 0.3) is 0 Å². The third kappa shape index (κ3) is 2.86. The van der Waals surface area contributed by atoms with Crippen LogP contribution in [0.3, 0.4) is 0 Å². The number of rotatable bonds is 6. The summed E-state index contributed by atoms with van der Waals surface area (Å²) in [4.78, 5) is 0. The molecule has 1 heterocycles. The first-order valence-corrected chi connectivity index (χ1v) is 5.26. The van der Waals surface area contributed by atoms with E-state index in [0.717, 1.165) is 25.0 Å². The van der Waals surface area contributed by atoms with Crippen molar-refractivity contribution in [3.8, 4) is 0 Å². The zero-order chi connectivity index (χ0) is 9.80. The summed E-state index contributed by atoms with van der Waals surface area (Å²) in [5.74, 6) is 0.916. The van der Waals surface area contributed by atoms with Crippen LogP contribution in [0.5, 0.6) is 0 Å². The van der Waals surface area contributed by atoms with Crippen LogP contribution in [0, 0.1) is 0 Å². The molecule has 3 nitrogen and oxygen atoms in total. The number of ether oxygens (including phenoxy) is 1. The Bertz CT molecular complexity index is 279. The molecule has 78 valence electrons. The fourth-order valence-corrected chi connectivity index (χ4v) is 1.35. The molecule has 1 aromatic heterocycles. The molecular weight excluding hydrogens is 178 g/mol. The van der Waals surface area contributed by atoms with Crippen molar-refractivity contribution in [3.05, 3.63) is 23.7 Å². The average Bonchev–Trinajstić information content (AvgIpc) is 2.92. The topological polar surface area (TPSA) is 34.4 Å². The van der Waals surface area contributed by atoms with Crippen molar-refractivity contribution in [1.82, 2.24) is 5.32 Å². The molecule has 0 saturated heterocycles. The molecule has 0 aliphatic heterocycles. The first-order chi connectivity index (χ1) is 6.88. The summed E-state index contributed by atoms with van der Waals surface area (Å²) in [5, 5.41) is 3.44. The highest BCUT2D eigenvalue weighted by atomic mass is 16.5. The molecule has 0 spiro atoms. The van der Waals surface area contributed by atoms with Gasteiger partial charge in [0.2, 0.25) is 0 Å². The average molecular weight is 195 g/mol. The van der Waals surface area contributed by atoms with E-state index in [9.17, 15) is 0 Å². The molecule has 1 aliphatic rings. The molecule has 0 atom stereocenters. The van der Waals surface area contributed by atoms with Gasteiger partial charge in [-0.3, -0.25) is 0 Å². The molecule has 0 aromatic carbocycles. The van der Waals surface area contributed by atoms with Gasteiger partial charge in [-0.05, 0) is 25.8 Å². The van der Waals surface area contributed by atoms with E-state index in [2.05, 4.69) is 11.4 Å². The van der Waals surface area contributed by atoms with Gasteiger partial charge in [-0.15, -0.1) is 0 Å². The Kier molecular flexibility index (Phi) is 3.22. The van der Waals surface area contributed by atoms with Crippen LogP contribution in [0.2, 0.25) is 0 Å². The van der Waals surface area contributed by atoms with E-state index in [1.807, 2.05) is 13.2 Å².